The van der Waals surface area contributed by atoms with Crippen molar-refractivity contribution in [2.45, 2.75) is 21.3 Å². The van der Waals surface area contributed by atoms with Gasteiger partial charge in [0.15, 0.2) is 0 Å². The number of ether oxygens (including phenoxy) is 3. The largest absolute Gasteiger partial charge is 1.00 e. The molecule has 0 N–H and O–H groups in total. The SMILES string of the molecule is COC(=O)c1c(OC)cccc1SCc1ccsc1.COc1cccc(SCc2ccsc2)c1C(=O)[O-].[Li+]. The number of hydrogen-bond acceptors (Lipinski definition) is 10. The van der Waals surface area contributed by atoms with Crippen LogP contribution in [0.25, 0.3) is 0 Å². The number of methoxy groups -OCH3 is 3. The van der Waals surface area contributed by atoms with Gasteiger partial charge in [-0.2, -0.15) is 22.7 Å². The Kier molecular flexibility index (Phi) is 13.9. The molecule has 4 aromatic rings. The number of esters is 1. The van der Waals surface area contributed by atoms with Crippen LogP contribution < -0.4 is 33.4 Å². The Morgan fingerprint density at radius 3 is 1.63 bits per heavy atom. The van der Waals surface area contributed by atoms with E-state index in [1.165, 1.54) is 37.1 Å². The second-order valence-corrected chi connectivity index (χ2v) is 10.9. The number of thiophene rings is 2. The summed E-state index contributed by atoms with van der Waals surface area (Å²) >= 11 is 6.37. The Balaban J connectivity index is 0.000000260. The maximum atomic E-state index is 11.9. The number of carboxylic acid groups (broad SMARTS) is 1. The van der Waals surface area contributed by atoms with Gasteiger partial charge in [-0.15, -0.1) is 23.5 Å². The molecule has 0 aliphatic heterocycles. The first-order valence-corrected chi connectivity index (χ1v) is 14.8. The van der Waals surface area contributed by atoms with E-state index in [0.717, 1.165) is 16.4 Å². The molecule has 0 aliphatic rings. The predicted octanol–water partition coefficient (Wildman–Crippen LogP) is 3.25. The molecule has 0 fully saturated rings. The fourth-order valence-electron chi connectivity index (χ4n) is 3.18. The Morgan fingerprint density at radius 1 is 0.763 bits per heavy atom. The van der Waals surface area contributed by atoms with E-state index in [2.05, 4.69) is 11.4 Å². The van der Waals surface area contributed by atoms with Crippen LogP contribution in [0.3, 0.4) is 0 Å². The summed E-state index contributed by atoms with van der Waals surface area (Å²) in [5.74, 6) is 0.857. The molecule has 0 atom stereocenters. The summed E-state index contributed by atoms with van der Waals surface area (Å²) in [4.78, 5) is 24.6. The van der Waals surface area contributed by atoms with Crippen LogP contribution in [0.15, 0.2) is 79.8 Å². The topological polar surface area (TPSA) is 84.9 Å². The zero-order chi connectivity index (χ0) is 26.6. The van der Waals surface area contributed by atoms with Crippen molar-refractivity contribution in [3.05, 3.63) is 92.3 Å². The standard InChI is InChI=1S/C14H14O3S2.C13H12O3S2.Li/c1-16-11-4-3-5-12(13(11)14(15)17-2)19-9-10-6-7-18-8-10;1-16-10-3-2-4-11(12(10)13(14)15)18-8-9-5-6-17-7-9;/h3-8H,9H2,1-2H3;2-7H,8H2,1H3,(H,14,15);/q;;+1/p-1. The van der Waals surface area contributed by atoms with E-state index in [4.69, 9.17) is 14.2 Å². The number of rotatable bonds is 10. The normalized spacial score (nSPS) is 9.97. The minimum absolute atomic E-state index is 0. The summed E-state index contributed by atoms with van der Waals surface area (Å²) in [5.41, 5.74) is 3.04. The summed E-state index contributed by atoms with van der Waals surface area (Å²) in [6.45, 7) is 0. The Hall–Kier alpha value is -2.32. The number of thioether (sulfide) groups is 2. The third-order valence-corrected chi connectivity index (χ3v) is 8.68. The van der Waals surface area contributed by atoms with Crippen LogP contribution in [0, 0.1) is 0 Å². The molecular formula is C27H25LiO6S4. The molecule has 4 rings (SSSR count). The van der Waals surface area contributed by atoms with Crippen LogP contribution in [-0.2, 0) is 16.2 Å². The van der Waals surface area contributed by atoms with Crippen molar-refractivity contribution >= 4 is 58.1 Å². The van der Waals surface area contributed by atoms with Crippen molar-refractivity contribution in [2.24, 2.45) is 0 Å². The van der Waals surface area contributed by atoms with E-state index in [9.17, 15) is 14.7 Å². The van der Waals surface area contributed by atoms with Crippen LogP contribution in [0.5, 0.6) is 11.5 Å². The van der Waals surface area contributed by atoms with Crippen LogP contribution in [0.1, 0.15) is 31.8 Å². The zero-order valence-electron chi connectivity index (χ0n) is 21.4. The third-order valence-electron chi connectivity index (χ3n) is 4.96. The van der Waals surface area contributed by atoms with Gasteiger partial charge in [0.2, 0.25) is 0 Å². The van der Waals surface area contributed by atoms with Crippen molar-refractivity contribution in [2.75, 3.05) is 21.3 Å². The minimum atomic E-state index is -1.21. The molecule has 6 nitrogen and oxygen atoms in total. The molecule has 0 bridgehead atoms. The number of aromatic carboxylic acids is 1. The van der Waals surface area contributed by atoms with Gasteiger partial charge in [0.25, 0.3) is 0 Å². The van der Waals surface area contributed by atoms with Crippen molar-refractivity contribution in [3.8, 4) is 11.5 Å². The molecule has 11 heteroatoms. The molecule has 0 saturated carbocycles. The Labute approximate surface area is 250 Å². The first-order valence-electron chi connectivity index (χ1n) is 10.9. The van der Waals surface area contributed by atoms with Gasteiger partial charge in [-0.1, -0.05) is 12.1 Å². The fraction of sp³-hybridized carbons (Fsp3) is 0.185. The van der Waals surface area contributed by atoms with Gasteiger partial charge in [0, 0.05) is 21.3 Å². The monoisotopic (exact) mass is 580 g/mol. The number of carbonyl (C=O) groups is 2. The third kappa shape index (κ3) is 8.87. The number of benzene rings is 2. The molecule has 0 spiro atoms. The van der Waals surface area contributed by atoms with Crippen molar-refractivity contribution in [1.29, 1.82) is 0 Å². The molecule has 0 unspecified atom stereocenters. The molecule has 2 aromatic heterocycles. The van der Waals surface area contributed by atoms with Crippen molar-refractivity contribution in [1.82, 2.24) is 0 Å². The van der Waals surface area contributed by atoms with Gasteiger partial charge < -0.3 is 24.1 Å². The molecule has 38 heavy (non-hydrogen) atoms. The van der Waals surface area contributed by atoms with Crippen LogP contribution in [0.4, 0.5) is 0 Å². The van der Waals surface area contributed by atoms with E-state index < -0.39 is 5.97 Å². The first kappa shape index (κ1) is 31.9. The van der Waals surface area contributed by atoms with Gasteiger partial charge in [-0.25, -0.2) is 4.79 Å². The van der Waals surface area contributed by atoms with E-state index in [1.807, 2.05) is 34.3 Å². The minimum Gasteiger partial charge on any atom is -0.545 e. The average molecular weight is 581 g/mol. The Bertz CT molecular complexity index is 1290. The number of carboxylic acids is 1. The molecule has 0 radical (unpaired) electrons. The molecule has 2 aromatic carbocycles. The summed E-state index contributed by atoms with van der Waals surface area (Å²) in [5, 5.41) is 19.4. The van der Waals surface area contributed by atoms with Gasteiger partial charge in [0.1, 0.15) is 17.1 Å². The molecule has 2 heterocycles. The van der Waals surface area contributed by atoms with Crippen molar-refractivity contribution in [3.63, 3.8) is 0 Å². The smallest absolute Gasteiger partial charge is 0.545 e. The fourth-order valence-corrected chi connectivity index (χ4v) is 6.74. The Morgan fingerprint density at radius 2 is 1.24 bits per heavy atom. The van der Waals surface area contributed by atoms with Gasteiger partial charge in [-0.3, -0.25) is 0 Å². The van der Waals surface area contributed by atoms with E-state index in [1.54, 1.807) is 65.8 Å². The second kappa shape index (κ2) is 16.6. The maximum Gasteiger partial charge on any atom is 1.00 e. The summed E-state index contributed by atoms with van der Waals surface area (Å²) in [6, 6.07) is 14.8. The quantitative estimate of drug-likeness (QED) is 0.161. The second-order valence-electron chi connectivity index (χ2n) is 7.29. The van der Waals surface area contributed by atoms with Gasteiger partial charge in [0.05, 0.1) is 32.9 Å². The van der Waals surface area contributed by atoms with E-state index >= 15 is 0 Å². The van der Waals surface area contributed by atoms with Crippen LogP contribution >= 0.6 is 46.2 Å². The van der Waals surface area contributed by atoms with Crippen molar-refractivity contribution < 1.29 is 47.8 Å². The maximum absolute atomic E-state index is 11.9. The van der Waals surface area contributed by atoms with Gasteiger partial charge in [-0.05, 0) is 69.0 Å². The summed E-state index contributed by atoms with van der Waals surface area (Å²) < 4.78 is 15.1. The molecule has 0 amide bonds. The van der Waals surface area contributed by atoms with Gasteiger partial charge >= 0.3 is 24.8 Å². The summed E-state index contributed by atoms with van der Waals surface area (Å²) in [6.07, 6.45) is 0. The van der Waals surface area contributed by atoms with Crippen LogP contribution in [-0.4, -0.2) is 33.3 Å². The van der Waals surface area contributed by atoms with E-state index in [-0.39, 0.29) is 30.4 Å². The molecule has 0 aliphatic carbocycles. The number of carbonyl (C=O) groups excluding carboxylic acids is 2. The van der Waals surface area contributed by atoms with Crippen LogP contribution in [0.2, 0.25) is 0 Å². The first-order chi connectivity index (χ1) is 18.0. The zero-order valence-corrected chi connectivity index (χ0v) is 24.7. The molecule has 0 saturated heterocycles. The molecular weight excluding hydrogens is 556 g/mol. The van der Waals surface area contributed by atoms with E-state index in [0.29, 0.717) is 22.0 Å². The average Bonchev–Trinajstić information content (AvgIpc) is 3.64. The molecule has 194 valence electrons. The predicted molar refractivity (Wildman–Crippen MR) is 149 cm³/mol. The number of hydrogen-bond donors (Lipinski definition) is 0. The summed E-state index contributed by atoms with van der Waals surface area (Å²) in [7, 11) is 4.38.